The molecule has 0 rings (SSSR count). The van der Waals surface area contributed by atoms with Crippen LogP contribution in [0.1, 0.15) is 0 Å². The molecular formula is C6H14N4. The van der Waals surface area contributed by atoms with E-state index in [0.717, 1.165) is 0 Å². The second-order valence-electron chi connectivity index (χ2n) is 2.11. The fourth-order valence-electron chi connectivity index (χ4n) is 0.400. The smallest absolute Gasteiger partial charge is 0.192 e. The molecule has 0 saturated heterocycles. The first-order valence-electron chi connectivity index (χ1n) is 2.74. The molecule has 4 nitrogen and oxygen atoms in total. The summed E-state index contributed by atoms with van der Waals surface area (Å²) < 4.78 is 0. The third-order valence-corrected chi connectivity index (χ3v) is 0.847. The maximum atomic E-state index is 7.25. The van der Waals surface area contributed by atoms with Crippen molar-refractivity contribution in [3.63, 3.8) is 0 Å². The molecule has 0 aromatic heterocycles. The molecule has 1 N–H and O–H groups in total. The zero-order chi connectivity index (χ0) is 8.73. The molecule has 0 unspecified atom stereocenters. The molecule has 0 aliphatic rings. The van der Waals surface area contributed by atoms with Crippen LogP contribution in [0, 0.1) is 17.2 Å². The quantitative estimate of drug-likeness (QED) is 0.388. The second-order valence-corrected chi connectivity index (χ2v) is 2.11. The minimum Gasteiger partial charge on any atom is -0.349 e. The first kappa shape index (κ1) is 11.5. The number of rotatable bonds is 0. The van der Waals surface area contributed by atoms with Gasteiger partial charge in [-0.05, 0) is 0 Å². The lowest BCUT2D eigenvalue weighted by Crippen LogP contribution is -2.34. The van der Waals surface area contributed by atoms with E-state index < -0.39 is 0 Å². The van der Waals surface area contributed by atoms with E-state index >= 15 is 0 Å². The SMILES string of the molecule is C#N.CN(C)C(=N)N(C)C. The first-order chi connectivity index (χ1) is 4.55. The van der Waals surface area contributed by atoms with Crippen LogP contribution in [0.25, 0.3) is 0 Å². The fourth-order valence-corrected chi connectivity index (χ4v) is 0.400. The Morgan fingerprint density at radius 1 is 1.10 bits per heavy atom. The Kier molecular flexibility index (Phi) is 6.80. The zero-order valence-corrected chi connectivity index (χ0v) is 6.92. The van der Waals surface area contributed by atoms with Crippen molar-refractivity contribution in [2.24, 2.45) is 0 Å². The number of guanidine groups is 1. The molecule has 0 aromatic rings. The number of nitrogens with one attached hydrogen (secondary N) is 1. The van der Waals surface area contributed by atoms with Crippen LogP contribution < -0.4 is 0 Å². The highest BCUT2D eigenvalue weighted by Gasteiger charge is 1.97. The highest BCUT2D eigenvalue weighted by atomic mass is 15.3. The van der Waals surface area contributed by atoms with Crippen LogP contribution in [0.15, 0.2) is 0 Å². The van der Waals surface area contributed by atoms with Gasteiger partial charge >= 0.3 is 0 Å². The standard InChI is InChI=1S/C5H13N3.CHN/c1-7(2)5(6)8(3)4;1-2/h6H,1-4H3;1H. The van der Waals surface area contributed by atoms with Crippen molar-refractivity contribution in [3.8, 4) is 6.57 Å². The minimum absolute atomic E-state index is 0.519. The number of nitriles is 1. The van der Waals surface area contributed by atoms with Crippen LogP contribution in [-0.2, 0) is 0 Å². The Morgan fingerprint density at radius 3 is 1.30 bits per heavy atom. The summed E-state index contributed by atoms with van der Waals surface area (Å²) in [6, 6.07) is 0. The van der Waals surface area contributed by atoms with E-state index in [-0.39, 0.29) is 0 Å². The van der Waals surface area contributed by atoms with Gasteiger partial charge in [-0.2, -0.15) is 0 Å². The van der Waals surface area contributed by atoms with Crippen molar-refractivity contribution in [1.82, 2.24) is 9.80 Å². The van der Waals surface area contributed by atoms with Crippen LogP contribution in [0.3, 0.4) is 0 Å². The summed E-state index contributed by atoms with van der Waals surface area (Å²) in [7, 11) is 7.40. The predicted octanol–water partition coefficient (Wildman–Crippen LogP) is 0.184. The summed E-state index contributed by atoms with van der Waals surface area (Å²) in [6.07, 6.45) is 0. The lowest BCUT2D eigenvalue weighted by atomic mass is 10.7. The van der Waals surface area contributed by atoms with Crippen molar-refractivity contribution < 1.29 is 0 Å². The normalized spacial score (nSPS) is 7.00. The second kappa shape index (κ2) is 5.89. The summed E-state index contributed by atoms with van der Waals surface area (Å²) in [5.74, 6) is 0.519. The number of nitrogens with zero attached hydrogens (tertiary/aromatic N) is 3. The van der Waals surface area contributed by atoms with E-state index in [4.69, 9.17) is 10.7 Å². The van der Waals surface area contributed by atoms with Gasteiger partial charge < -0.3 is 9.80 Å². The molecule has 58 valence electrons. The van der Waals surface area contributed by atoms with E-state index in [2.05, 4.69) is 6.57 Å². The van der Waals surface area contributed by atoms with E-state index in [0.29, 0.717) is 5.96 Å². The molecule has 0 heterocycles. The van der Waals surface area contributed by atoms with E-state index in [1.165, 1.54) is 0 Å². The Labute approximate surface area is 62.2 Å². The van der Waals surface area contributed by atoms with E-state index in [1.807, 2.05) is 28.2 Å². The summed E-state index contributed by atoms with van der Waals surface area (Å²) in [5.41, 5.74) is 0. The van der Waals surface area contributed by atoms with Crippen LogP contribution in [0.2, 0.25) is 0 Å². The van der Waals surface area contributed by atoms with Gasteiger partial charge in [0.05, 0.1) is 0 Å². The molecular weight excluding hydrogens is 128 g/mol. The lowest BCUT2D eigenvalue weighted by molar-refractivity contribution is 0.478. The molecule has 0 saturated carbocycles. The number of hydrogen-bond acceptors (Lipinski definition) is 2. The molecule has 10 heavy (non-hydrogen) atoms. The summed E-state index contributed by atoms with van der Waals surface area (Å²) in [4.78, 5) is 3.50. The minimum atomic E-state index is 0.519. The van der Waals surface area contributed by atoms with Gasteiger partial charge in [0.25, 0.3) is 0 Å². The van der Waals surface area contributed by atoms with Crippen LogP contribution in [0.4, 0.5) is 0 Å². The third kappa shape index (κ3) is 4.91. The molecule has 0 atom stereocenters. The molecule has 0 aliphatic carbocycles. The largest absolute Gasteiger partial charge is 0.349 e. The summed E-state index contributed by atoms with van der Waals surface area (Å²) >= 11 is 0. The lowest BCUT2D eigenvalue weighted by Gasteiger charge is -2.19. The zero-order valence-electron chi connectivity index (χ0n) is 6.92. The van der Waals surface area contributed by atoms with Gasteiger partial charge in [0.2, 0.25) is 0 Å². The van der Waals surface area contributed by atoms with Gasteiger partial charge in [-0.15, -0.1) is 0 Å². The molecule has 0 bridgehead atoms. The molecule has 4 heteroatoms. The highest BCUT2D eigenvalue weighted by molar-refractivity contribution is 5.75. The van der Waals surface area contributed by atoms with Crippen LogP contribution in [-0.4, -0.2) is 44.0 Å². The number of hydrogen-bond donors (Lipinski definition) is 1. The maximum Gasteiger partial charge on any atom is 0.192 e. The van der Waals surface area contributed by atoms with Crippen LogP contribution >= 0.6 is 0 Å². The van der Waals surface area contributed by atoms with Crippen molar-refractivity contribution in [2.45, 2.75) is 0 Å². The van der Waals surface area contributed by atoms with Crippen LogP contribution in [0.5, 0.6) is 0 Å². The van der Waals surface area contributed by atoms with Crippen molar-refractivity contribution in [3.05, 3.63) is 0 Å². The molecule has 0 amide bonds. The average molecular weight is 142 g/mol. The Bertz CT molecular complexity index is 104. The Hall–Kier alpha value is -1.24. The van der Waals surface area contributed by atoms with Gasteiger partial charge in [-0.3, -0.25) is 5.41 Å². The summed E-state index contributed by atoms with van der Waals surface area (Å²) in [5, 5.41) is 13.8. The Balaban J connectivity index is 0. The molecule has 0 aliphatic heterocycles. The van der Waals surface area contributed by atoms with Gasteiger partial charge in [-0.25, -0.2) is 5.26 Å². The predicted molar refractivity (Wildman–Crippen MR) is 41.8 cm³/mol. The van der Waals surface area contributed by atoms with Gasteiger partial charge in [0.1, 0.15) is 0 Å². The maximum absolute atomic E-state index is 7.25. The molecule has 0 radical (unpaired) electrons. The fraction of sp³-hybridized carbons (Fsp3) is 0.667. The van der Waals surface area contributed by atoms with E-state index in [9.17, 15) is 0 Å². The van der Waals surface area contributed by atoms with Crippen molar-refractivity contribution >= 4 is 5.96 Å². The molecule has 0 aromatic carbocycles. The van der Waals surface area contributed by atoms with Crippen molar-refractivity contribution in [2.75, 3.05) is 28.2 Å². The van der Waals surface area contributed by atoms with Gasteiger partial charge in [0.15, 0.2) is 5.96 Å². The van der Waals surface area contributed by atoms with Gasteiger partial charge in [0, 0.05) is 34.8 Å². The third-order valence-electron chi connectivity index (χ3n) is 0.847. The Morgan fingerprint density at radius 2 is 1.30 bits per heavy atom. The topological polar surface area (TPSA) is 54.1 Å². The monoisotopic (exact) mass is 142 g/mol. The van der Waals surface area contributed by atoms with Crippen molar-refractivity contribution in [1.29, 1.82) is 10.7 Å². The van der Waals surface area contributed by atoms with E-state index in [1.54, 1.807) is 9.80 Å². The first-order valence-corrected chi connectivity index (χ1v) is 2.74. The molecule has 0 fully saturated rings. The average Bonchev–Trinajstić information content (AvgIpc) is 1.90. The highest BCUT2D eigenvalue weighted by Crippen LogP contribution is 1.80. The summed E-state index contributed by atoms with van der Waals surface area (Å²) in [6.45, 7) is 3.50. The van der Waals surface area contributed by atoms with Gasteiger partial charge in [-0.1, -0.05) is 0 Å². The molecule has 0 spiro atoms.